The topological polar surface area (TPSA) is 99.4 Å². The van der Waals surface area contributed by atoms with Crippen LogP contribution in [-0.2, 0) is 9.47 Å². The van der Waals surface area contributed by atoms with Crippen molar-refractivity contribution in [2.24, 2.45) is 46.3 Å². The lowest BCUT2D eigenvalue weighted by atomic mass is 9.47. The van der Waals surface area contributed by atoms with Crippen LogP contribution in [0.15, 0.2) is 23.3 Å². The maximum absolute atomic E-state index is 10.5. The van der Waals surface area contributed by atoms with E-state index in [0.29, 0.717) is 11.3 Å². The van der Waals surface area contributed by atoms with E-state index in [2.05, 4.69) is 53.7 Å². The van der Waals surface area contributed by atoms with Gasteiger partial charge < -0.3 is 29.9 Å². The number of ether oxygens (including phenoxy) is 2. The lowest BCUT2D eigenvalue weighted by Gasteiger charge is -2.58. The van der Waals surface area contributed by atoms with E-state index in [0.717, 1.165) is 55.3 Å². The Labute approximate surface area is 248 Å². The summed E-state index contributed by atoms with van der Waals surface area (Å²) in [5.74, 6) is 4.50. The Morgan fingerprint density at radius 3 is 2.46 bits per heavy atom. The van der Waals surface area contributed by atoms with Crippen molar-refractivity contribution in [3.05, 3.63) is 23.3 Å². The first-order chi connectivity index (χ1) is 19.4. The molecule has 0 radical (unpaired) electrons. The van der Waals surface area contributed by atoms with Crippen molar-refractivity contribution >= 4 is 0 Å². The first-order valence-corrected chi connectivity index (χ1v) is 16.8. The zero-order chi connectivity index (χ0) is 29.7. The monoisotopic (exact) mass is 574 g/mol. The van der Waals surface area contributed by atoms with Gasteiger partial charge in [0.15, 0.2) is 6.29 Å². The zero-order valence-electron chi connectivity index (χ0n) is 26.5. The van der Waals surface area contributed by atoms with E-state index in [1.807, 2.05) is 0 Å². The van der Waals surface area contributed by atoms with Gasteiger partial charge in [0.05, 0.1) is 12.7 Å². The summed E-state index contributed by atoms with van der Waals surface area (Å²) in [5, 5.41) is 40.4. The summed E-state index contributed by atoms with van der Waals surface area (Å²) in [4.78, 5) is 0. The van der Waals surface area contributed by atoms with Gasteiger partial charge in [0, 0.05) is 0 Å². The summed E-state index contributed by atoms with van der Waals surface area (Å²) in [6, 6.07) is 0. The summed E-state index contributed by atoms with van der Waals surface area (Å²) in [6.45, 7) is 14.2. The van der Waals surface area contributed by atoms with Crippen LogP contribution in [0.1, 0.15) is 106 Å². The predicted octanol–water partition coefficient (Wildman–Crippen LogP) is 5.77. The molecule has 0 aromatic carbocycles. The maximum atomic E-state index is 10.5. The summed E-state index contributed by atoms with van der Waals surface area (Å²) < 4.78 is 11.9. The highest BCUT2D eigenvalue weighted by molar-refractivity contribution is 5.25. The van der Waals surface area contributed by atoms with Gasteiger partial charge >= 0.3 is 0 Å². The summed E-state index contributed by atoms with van der Waals surface area (Å²) in [6.07, 6.45) is 10.6. The molecule has 5 rings (SSSR count). The van der Waals surface area contributed by atoms with Crippen molar-refractivity contribution in [3.8, 4) is 0 Å². The molecule has 1 heterocycles. The van der Waals surface area contributed by atoms with Gasteiger partial charge in [-0.15, -0.1) is 0 Å². The standard InChI is InChI=1S/C35H58O6/c1-7-22(20(2)3)9-8-21(4)26-12-13-27-25-11-10-23-18-24(14-16-34(23,5)28(25)15-17-35(26,27)6)40-33-32(39)31(38)30(37)29(19-36)41-33/h9-10,20-21,24-33,36-39H,7-8,11-19H2,1-6H3/b22-9+/t21-,24+,25+,26-,27+,28+,29-,30-,31+,32-,33-,34+,35-/m1/s1. The molecular formula is C35H58O6. The third kappa shape index (κ3) is 5.64. The second-order valence-electron chi connectivity index (χ2n) is 15.2. The van der Waals surface area contributed by atoms with E-state index in [1.54, 1.807) is 5.57 Å². The lowest BCUT2D eigenvalue weighted by Crippen LogP contribution is -2.60. The van der Waals surface area contributed by atoms with Crippen LogP contribution in [0.3, 0.4) is 0 Å². The van der Waals surface area contributed by atoms with Crippen molar-refractivity contribution in [2.45, 2.75) is 143 Å². The molecule has 6 nitrogen and oxygen atoms in total. The van der Waals surface area contributed by atoms with Gasteiger partial charge in [-0.25, -0.2) is 0 Å². The normalized spacial score (nSPS) is 47.4. The molecule has 4 fully saturated rings. The highest BCUT2D eigenvalue weighted by Gasteiger charge is 2.59. The second-order valence-corrected chi connectivity index (χ2v) is 15.2. The van der Waals surface area contributed by atoms with Crippen LogP contribution in [0, 0.1) is 46.3 Å². The molecule has 0 aromatic rings. The van der Waals surface area contributed by atoms with Crippen LogP contribution < -0.4 is 0 Å². The molecule has 1 saturated heterocycles. The Kier molecular flexibility index (Phi) is 9.51. The molecule has 234 valence electrons. The molecule has 41 heavy (non-hydrogen) atoms. The number of aliphatic hydroxyl groups excluding tert-OH is 4. The largest absolute Gasteiger partial charge is 0.394 e. The van der Waals surface area contributed by atoms with E-state index in [4.69, 9.17) is 9.47 Å². The minimum Gasteiger partial charge on any atom is -0.394 e. The van der Waals surface area contributed by atoms with Crippen molar-refractivity contribution in [1.82, 2.24) is 0 Å². The Hall–Kier alpha value is -0.760. The lowest BCUT2D eigenvalue weighted by molar-refractivity contribution is -0.313. The van der Waals surface area contributed by atoms with Crippen molar-refractivity contribution in [3.63, 3.8) is 0 Å². The minimum atomic E-state index is -1.40. The van der Waals surface area contributed by atoms with Crippen LogP contribution in [0.25, 0.3) is 0 Å². The highest BCUT2D eigenvalue weighted by Crippen LogP contribution is 2.67. The van der Waals surface area contributed by atoms with E-state index in [9.17, 15) is 20.4 Å². The Morgan fingerprint density at radius 2 is 1.78 bits per heavy atom. The van der Waals surface area contributed by atoms with E-state index >= 15 is 0 Å². The van der Waals surface area contributed by atoms with Gasteiger partial charge in [0.1, 0.15) is 24.4 Å². The molecule has 0 spiro atoms. The number of hydrogen-bond acceptors (Lipinski definition) is 6. The maximum Gasteiger partial charge on any atom is 0.186 e. The van der Waals surface area contributed by atoms with Crippen LogP contribution in [0.4, 0.5) is 0 Å². The number of allylic oxidation sites excluding steroid dienone is 3. The van der Waals surface area contributed by atoms with Crippen molar-refractivity contribution < 1.29 is 29.9 Å². The van der Waals surface area contributed by atoms with Crippen molar-refractivity contribution in [2.75, 3.05) is 6.61 Å². The molecule has 3 saturated carbocycles. The molecule has 13 atom stereocenters. The molecule has 6 heteroatoms. The van der Waals surface area contributed by atoms with Crippen molar-refractivity contribution in [1.29, 1.82) is 0 Å². The third-order valence-corrected chi connectivity index (χ3v) is 12.9. The molecule has 4 aliphatic carbocycles. The Bertz CT molecular complexity index is 974. The zero-order valence-corrected chi connectivity index (χ0v) is 26.5. The summed E-state index contributed by atoms with van der Waals surface area (Å²) in [5.41, 5.74) is 3.75. The molecule has 5 aliphatic rings. The first kappa shape index (κ1) is 31.7. The van der Waals surface area contributed by atoms with Gasteiger partial charge in [-0.05, 0) is 111 Å². The van der Waals surface area contributed by atoms with Crippen LogP contribution in [0.5, 0.6) is 0 Å². The van der Waals surface area contributed by atoms with E-state index in [1.165, 1.54) is 44.1 Å². The Morgan fingerprint density at radius 1 is 1.02 bits per heavy atom. The number of hydrogen-bond donors (Lipinski definition) is 4. The SMILES string of the molecule is CC/C(=C\C[C@@H](C)[C@H]1CC[C@H]2[C@@H]3CC=C4C[C@@H](O[C@@H]5O[C@H](CO)[C@@H](O)[C@H](O)[C@H]5O)CC[C@]4(C)[C@H]3CC[C@]12C)C(C)C. The molecule has 0 aromatic heterocycles. The predicted molar refractivity (Wildman–Crippen MR) is 161 cm³/mol. The molecule has 0 bridgehead atoms. The number of aliphatic hydroxyl groups is 4. The van der Waals surface area contributed by atoms with Gasteiger partial charge in [0.2, 0.25) is 0 Å². The second kappa shape index (κ2) is 12.3. The summed E-state index contributed by atoms with van der Waals surface area (Å²) >= 11 is 0. The minimum absolute atomic E-state index is 0.107. The van der Waals surface area contributed by atoms with Gasteiger partial charge in [-0.2, -0.15) is 0 Å². The fraction of sp³-hybridized carbons (Fsp3) is 0.886. The average molecular weight is 575 g/mol. The molecule has 0 amide bonds. The fourth-order valence-corrected chi connectivity index (χ4v) is 10.4. The van der Waals surface area contributed by atoms with Gasteiger partial charge in [0.25, 0.3) is 0 Å². The smallest absolute Gasteiger partial charge is 0.186 e. The van der Waals surface area contributed by atoms with Gasteiger partial charge in [-0.3, -0.25) is 0 Å². The molecule has 1 aliphatic heterocycles. The molecule has 0 unspecified atom stereocenters. The highest BCUT2D eigenvalue weighted by atomic mass is 16.7. The number of fused-ring (bicyclic) bond motifs is 5. The summed E-state index contributed by atoms with van der Waals surface area (Å²) in [7, 11) is 0. The Balaban J connectivity index is 1.25. The van der Waals surface area contributed by atoms with E-state index < -0.39 is 37.3 Å². The van der Waals surface area contributed by atoms with Gasteiger partial charge in [-0.1, -0.05) is 64.8 Å². The quantitative estimate of drug-likeness (QED) is 0.275. The van der Waals surface area contributed by atoms with E-state index in [-0.39, 0.29) is 11.5 Å². The number of rotatable bonds is 8. The third-order valence-electron chi connectivity index (χ3n) is 12.9. The van der Waals surface area contributed by atoms with Crippen LogP contribution in [0.2, 0.25) is 0 Å². The fourth-order valence-electron chi connectivity index (χ4n) is 10.4. The molecular weight excluding hydrogens is 516 g/mol. The van der Waals surface area contributed by atoms with Crippen LogP contribution in [-0.4, -0.2) is 63.8 Å². The average Bonchev–Trinajstić information content (AvgIpc) is 3.30. The molecule has 4 N–H and O–H groups in total. The first-order valence-electron chi connectivity index (χ1n) is 16.8. The van der Waals surface area contributed by atoms with Crippen LogP contribution >= 0.6 is 0 Å².